The van der Waals surface area contributed by atoms with Gasteiger partial charge in [-0.3, -0.25) is 0 Å². The Balaban J connectivity index is 2.00. The minimum absolute atomic E-state index is 0.247. The Kier molecular flexibility index (Phi) is 4.81. The van der Waals surface area contributed by atoms with Crippen molar-refractivity contribution in [1.29, 1.82) is 5.26 Å². The third-order valence-electron chi connectivity index (χ3n) is 3.83. The highest BCUT2D eigenvalue weighted by Crippen LogP contribution is 2.30. The lowest BCUT2D eigenvalue weighted by Gasteiger charge is -2.27. The van der Waals surface area contributed by atoms with Crippen molar-refractivity contribution < 1.29 is 4.39 Å². The van der Waals surface area contributed by atoms with Gasteiger partial charge in [-0.25, -0.2) is 4.39 Å². The van der Waals surface area contributed by atoms with Gasteiger partial charge in [0.2, 0.25) is 0 Å². The molecule has 102 valence electrons. The minimum atomic E-state index is -0.372. The summed E-state index contributed by atoms with van der Waals surface area (Å²) in [5.41, 5.74) is 0.804. The van der Waals surface area contributed by atoms with Crippen molar-refractivity contribution in [3.8, 4) is 6.07 Å². The molecule has 1 aliphatic carbocycles. The first-order chi connectivity index (χ1) is 9.11. The molecule has 0 bridgehead atoms. The maximum absolute atomic E-state index is 14.0. The van der Waals surface area contributed by atoms with Crippen LogP contribution in [0.5, 0.6) is 0 Å². The molecule has 1 aromatic carbocycles. The summed E-state index contributed by atoms with van der Waals surface area (Å²) < 4.78 is 14.3. The van der Waals surface area contributed by atoms with Crippen LogP contribution in [0.3, 0.4) is 0 Å². The number of nitriles is 1. The Morgan fingerprint density at radius 1 is 1.47 bits per heavy atom. The number of hydrogen-bond donors (Lipinski definition) is 1. The monoisotopic (exact) mass is 324 g/mol. The third kappa shape index (κ3) is 3.48. The number of rotatable bonds is 3. The molecule has 0 aromatic heterocycles. The molecule has 0 saturated heterocycles. The molecule has 2 atom stereocenters. The fraction of sp³-hybridized carbons (Fsp3) is 0.533. The first-order valence-corrected chi connectivity index (χ1v) is 7.53. The zero-order valence-electron chi connectivity index (χ0n) is 11.0. The minimum Gasteiger partial charge on any atom is -0.382 e. The third-order valence-corrected chi connectivity index (χ3v) is 4.60. The van der Waals surface area contributed by atoms with Gasteiger partial charge in [-0.05, 0) is 52.7 Å². The van der Waals surface area contributed by atoms with Gasteiger partial charge < -0.3 is 5.32 Å². The molecule has 1 fully saturated rings. The van der Waals surface area contributed by atoms with Crippen molar-refractivity contribution in [2.75, 3.05) is 11.9 Å². The van der Waals surface area contributed by atoms with Crippen LogP contribution in [0.4, 0.5) is 10.1 Å². The van der Waals surface area contributed by atoms with Gasteiger partial charge in [0.1, 0.15) is 6.07 Å². The Morgan fingerprint density at radius 2 is 2.26 bits per heavy atom. The van der Waals surface area contributed by atoms with Crippen molar-refractivity contribution in [2.45, 2.75) is 32.6 Å². The average molecular weight is 325 g/mol. The van der Waals surface area contributed by atoms with E-state index < -0.39 is 0 Å². The van der Waals surface area contributed by atoms with Gasteiger partial charge in [-0.1, -0.05) is 19.8 Å². The van der Waals surface area contributed by atoms with Crippen molar-refractivity contribution in [3.63, 3.8) is 0 Å². The molecule has 1 aromatic rings. The van der Waals surface area contributed by atoms with E-state index in [1.165, 1.54) is 25.7 Å². The largest absolute Gasteiger partial charge is 0.382 e. The molecule has 2 nitrogen and oxygen atoms in total. The van der Waals surface area contributed by atoms with E-state index in [4.69, 9.17) is 5.26 Å². The fourth-order valence-electron chi connectivity index (χ4n) is 2.77. The van der Waals surface area contributed by atoms with Crippen LogP contribution in [0.1, 0.15) is 38.2 Å². The van der Waals surface area contributed by atoms with Crippen LogP contribution in [0, 0.1) is 29.0 Å². The zero-order chi connectivity index (χ0) is 13.8. The van der Waals surface area contributed by atoms with E-state index in [2.05, 4.69) is 28.2 Å². The molecule has 2 unspecified atom stereocenters. The second-order valence-electron chi connectivity index (χ2n) is 5.42. The molecular weight excluding hydrogens is 307 g/mol. The molecule has 0 radical (unpaired) electrons. The fourth-order valence-corrected chi connectivity index (χ4v) is 3.21. The normalized spacial score (nSPS) is 22.8. The molecule has 1 aliphatic rings. The van der Waals surface area contributed by atoms with E-state index in [0.29, 0.717) is 17.2 Å². The van der Waals surface area contributed by atoms with Crippen LogP contribution in [0.2, 0.25) is 0 Å². The topological polar surface area (TPSA) is 35.8 Å². The molecule has 2 rings (SSSR count). The van der Waals surface area contributed by atoms with Crippen LogP contribution < -0.4 is 5.32 Å². The summed E-state index contributed by atoms with van der Waals surface area (Å²) in [4.78, 5) is 0. The van der Waals surface area contributed by atoms with Crippen LogP contribution in [0.25, 0.3) is 0 Å². The highest BCUT2D eigenvalue weighted by molar-refractivity contribution is 9.10. The summed E-state index contributed by atoms with van der Waals surface area (Å²) >= 11 is 3.13. The Bertz CT molecular complexity index is 496. The summed E-state index contributed by atoms with van der Waals surface area (Å²) in [5.74, 6) is 1.03. The van der Waals surface area contributed by atoms with Crippen molar-refractivity contribution in [2.24, 2.45) is 11.8 Å². The predicted octanol–water partition coefficient (Wildman–Crippen LogP) is 4.70. The quantitative estimate of drug-likeness (QED) is 0.874. The first-order valence-electron chi connectivity index (χ1n) is 6.73. The van der Waals surface area contributed by atoms with Crippen molar-refractivity contribution in [3.05, 3.63) is 28.0 Å². The van der Waals surface area contributed by atoms with E-state index in [-0.39, 0.29) is 10.3 Å². The SMILES string of the molecule is CC1CCCC(CNc2ccc(C#N)c(Br)c2F)C1. The zero-order valence-corrected chi connectivity index (χ0v) is 12.6. The number of halogens is 2. The predicted molar refractivity (Wildman–Crippen MR) is 78.4 cm³/mol. The summed E-state index contributed by atoms with van der Waals surface area (Å²) in [6, 6.07) is 5.24. The lowest BCUT2D eigenvalue weighted by atomic mass is 9.82. The van der Waals surface area contributed by atoms with E-state index in [1.807, 2.05) is 6.07 Å². The second kappa shape index (κ2) is 6.38. The number of benzene rings is 1. The Morgan fingerprint density at radius 3 is 2.95 bits per heavy atom. The van der Waals surface area contributed by atoms with Crippen LogP contribution in [-0.4, -0.2) is 6.54 Å². The van der Waals surface area contributed by atoms with Crippen LogP contribution >= 0.6 is 15.9 Å². The summed E-state index contributed by atoms with van der Waals surface area (Å²) in [6.45, 7) is 3.09. The lowest BCUT2D eigenvalue weighted by molar-refractivity contribution is 0.293. The van der Waals surface area contributed by atoms with Gasteiger partial charge in [0.25, 0.3) is 0 Å². The van der Waals surface area contributed by atoms with E-state index in [9.17, 15) is 4.39 Å². The summed E-state index contributed by atoms with van der Waals surface area (Å²) in [7, 11) is 0. The molecule has 1 saturated carbocycles. The maximum atomic E-state index is 14.0. The molecule has 4 heteroatoms. The van der Waals surface area contributed by atoms with Gasteiger partial charge in [-0.15, -0.1) is 0 Å². The molecule has 0 amide bonds. The standard InChI is InChI=1S/C15H18BrFN2/c1-10-3-2-4-11(7-10)9-19-13-6-5-12(8-18)14(16)15(13)17/h5-6,10-11,19H,2-4,7,9H2,1H3. The molecule has 0 aliphatic heterocycles. The van der Waals surface area contributed by atoms with Gasteiger partial charge in [-0.2, -0.15) is 5.26 Å². The average Bonchev–Trinajstić information content (AvgIpc) is 2.41. The number of anilines is 1. The first kappa shape index (κ1) is 14.3. The summed E-state index contributed by atoms with van der Waals surface area (Å²) in [5, 5.41) is 12.0. The van der Waals surface area contributed by atoms with Gasteiger partial charge in [0.05, 0.1) is 15.7 Å². The molecule has 0 heterocycles. The highest BCUT2D eigenvalue weighted by atomic mass is 79.9. The molecular formula is C15H18BrFN2. The number of nitrogens with zero attached hydrogens (tertiary/aromatic N) is 1. The Labute approximate surface area is 122 Å². The van der Waals surface area contributed by atoms with Crippen molar-refractivity contribution in [1.82, 2.24) is 0 Å². The van der Waals surface area contributed by atoms with Crippen LogP contribution in [-0.2, 0) is 0 Å². The molecule has 0 spiro atoms. The van der Waals surface area contributed by atoms with E-state index in [0.717, 1.165) is 12.5 Å². The molecule has 1 N–H and O–H groups in total. The molecule has 19 heavy (non-hydrogen) atoms. The van der Waals surface area contributed by atoms with E-state index in [1.54, 1.807) is 12.1 Å². The second-order valence-corrected chi connectivity index (χ2v) is 6.21. The highest BCUT2D eigenvalue weighted by Gasteiger charge is 2.19. The van der Waals surface area contributed by atoms with Crippen LogP contribution in [0.15, 0.2) is 16.6 Å². The Hall–Kier alpha value is -1.08. The van der Waals surface area contributed by atoms with Crippen molar-refractivity contribution >= 4 is 21.6 Å². The smallest absolute Gasteiger partial charge is 0.161 e. The van der Waals surface area contributed by atoms with Gasteiger partial charge >= 0.3 is 0 Å². The lowest BCUT2D eigenvalue weighted by Crippen LogP contribution is -2.21. The van der Waals surface area contributed by atoms with Gasteiger partial charge in [0.15, 0.2) is 5.82 Å². The number of nitrogens with one attached hydrogen (secondary N) is 1. The van der Waals surface area contributed by atoms with Gasteiger partial charge in [0, 0.05) is 6.54 Å². The maximum Gasteiger partial charge on any atom is 0.161 e. The van der Waals surface area contributed by atoms with E-state index >= 15 is 0 Å². The summed E-state index contributed by atoms with van der Waals surface area (Å²) in [6.07, 6.45) is 5.02. The number of hydrogen-bond acceptors (Lipinski definition) is 2.